The molecule has 1 N–H and O–H groups in total. The smallest absolute Gasteiger partial charge is 0.377 e. The van der Waals surface area contributed by atoms with Gasteiger partial charge in [-0.3, -0.25) is 0 Å². The summed E-state index contributed by atoms with van der Waals surface area (Å²) in [5.74, 6) is 0.485. The van der Waals surface area contributed by atoms with E-state index in [2.05, 4.69) is 15.5 Å². The number of hydrogen-bond donors (Lipinski definition) is 1. The molecule has 0 spiro atoms. The van der Waals surface area contributed by atoms with Crippen LogP contribution in [0.4, 0.5) is 18.9 Å². The van der Waals surface area contributed by atoms with E-state index in [0.29, 0.717) is 5.82 Å². The number of nitrogens with zero attached hydrogens (tertiary/aromatic N) is 3. The number of benzene rings is 1. The number of alkyl halides is 3. The lowest BCUT2D eigenvalue weighted by molar-refractivity contribution is -0.0435. The average Bonchev–Trinajstić information content (AvgIpc) is 2.92. The highest BCUT2D eigenvalue weighted by Gasteiger charge is 2.47. The SMILES string of the molecule is CC(C)n1cnnc1CNc1ccccc1S(=O)(=O)C(F)(F)F. The van der Waals surface area contributed by atoms with E-state index in [1.807, 2.05) is 13.8 Å². The Morgan fingerprint density at radius 1 is 1.26 bits per heavy atom. The van der Waals surface area contributed by atoms with E-state index in [0.717, 1.165) is 6.07 Å². The second kappa shape index (κ2) is 6.19. The molecule has 0 saturated carbocycles. The number of hydrogen-bond acceptors (Lipinski definition) is 5. The lowest BCUT2D eigenvalue weighted by atomic mass is 10.3. The molecule has 1 heterocycles. The molecule has 0 aliphatic carbocycles. The third kappa shape index (κ3) is 3.46. The molecule has 0 bridgehead atoms. The van der Waals surface area contributed by atoms with Crippen LogP contribution in [0.3, 0.4) is 0 Å². The third-order valence-electron chi connectivity index (χ3n) is 3.12. The minimum absolute atomic E-state index is 0.0442. The van der Waals surface area contributed by atoms with E-state index in [9.17, 15) is 21.6 Å². The first-order valence-electron chi connectivity index (χ1n) is 6.67. The number of nitrogens with one attached hydrogen (secondary N) is 1. The Kier molecular flexibility index (Phi) is 4.64. The van der Waals surface area contributed by atoms with Crippen LogP contribution < -0.4 is 5.32 Å². The van der Waals surface area contributed by atoms with Gasteiger partial charge in [-0.1, -0.05) is 12.1 Å². The third-order valence-corrected chi connectivity index (χ3v) is 4.67. The summed E-state index contributed by atoms with van der Waals surface area (Å²) in [5, 5.41) is 10.3. The maximum Gasteiger partial charge on any atom is 0.501 e. The number of rotatable bonds is 5. The Bertz CT molecular complexity index is 785. The van der Waals surface area contributed by atoms with Crippen molar-refractivity contribution in [1.29, 1.82) is 0 Å². The summed E-state index contributed by atoms with van der Waals surface area (Å²) in [6.45, 7) is 3.84. The minimum Gasteiger partial charge on any atom is -0.377 e. The molecule has 0 saturated heterocycles. The van der Waals surface area contributed by atoms with Crippen molar-refractivity contribution in [1.82, 2.24) is 14.8 Å². The maximum absolute atomic E-state index is 12.7. The van der Waals surface area contributed by atoms with E-state index >= 15 is 0 Å². The van der Waals surface area contributed by atoms with Crippen LogP contribution >= 0.6 is 0 Å². The molecule has 6 nitrogen and oxygen atoms in total. The molecule has 23 heavy (non-hydrogen) atoms. The molecule has 0 fully saturated rings. The number of para-hydroxylation sites is 1. The number of aromatic nitrogens is 3. The molecule has 0 aliphatic heterocycles. The van der Waals surface area contributed by atoms with Crippen LogP contribution in [0.5, 0.6) is 0 Å². The zero-order valence-corrected chi connectivity index (χ0v) is 13.2. The van der Waals surface area contributed by atoms with Gasteiger partial charge in [0.05, 0.1) is 17.1 Å². The van der Waals surface area contributed by atoms with Gasteiger partial charge < -0.3 is 9.88 Å². The predicted molar refractivity (Wildman–Crippen MR) is 77.4 cm³/mol. The second-order valence-corrected chi connectivity index (χ2v) is 6.96. The normalized spacial score (nSPS) is 12.6. The summed E-state index contributed by atoms with van der Waals surface area (Å²) in [6, 6.07) is 4.94. The van der Waals surface area contributed by atoms with Crippen molar-refractivity contribution in [2.45, 2.75) is 36.8 Å². The fourth-order valence-electron chi connectivity index (χ4n) is 1.97. The van der Waals surface area contributed by atoms with Crippen LogP contribution in [-0.2, 0) is 16.4 Å². The standard InChI is InChI=1S/C13H15F3N4O2S/c1-9(2)20-8-18-19-12(20)7-17-10-5-3-4-6-11(10)23(21,22)13(14,15)16/h3-6,8-9,17H,7H2,1-2H3. The van der Waals surface area contributed by atoms with Gasteiger partial charge in [-0.05, 0) is 26.0 Å². The van der Waals surface area contributed by atoms with Gasteiger partial charge in [-0.15, -0.1) is 10.2 Å². The molecule has 2 aromatic rings. The largest absolute Gasteiger partial charge is 0.501 e. The van der Waals surface area contributed by atoms with Gasteiger partial charge in [-0.2, -0.15) is 13.2 Å². The molecule has 0 amide bonds. The zero-order valence-electron chi connectivity index (χ0n) is 12.4. The summed E-state index contributed by atoms with van der Waals surface area (Å²) < 4.78 is 63.2. The first kappa shape index (κ1) is 17.3. The first-order chi connectivity index (χ1) is 10.6. The molecule has 1 aromatic carbocycles. The number of anilines is 1. The predicted octanol–water partition coefficient (Wildman–Crippen LogP) is 2.76. The first-order valence-corrected chi connectivity index (χ1v) is 8.15. The average molecular weight is 348 g/mol. The van der Waals surface area contributed by atoms with E-state index in [1.54, 1.807) is 4.57 Å². The highest BCUT2D eigenvalue weighted by atomic mass is 32.2. The molecular weight excluding hydrogens is 333 g/mol. The van der Waals surface area contributed by atoms with E-state index in [1.165, 1.54) is 24.5 Å². The molecule has 10 heteroatoms. The van der Waals surface area contributed by atoms with Crippen molar-refractivity contribution < 1.29 is 21.6 Å². The lowest BCUT2D eigenvalue weighted by Crippen LogP contribution is -2.24. The minimum atomic E-state index is -5.43. The van der Waals surface area contributed by atoms with Crippen LogP contribution in [0, 0.1) is 0 Å². The highest BCUT2D eigenvalue weighted by molar-refractivity contribution is 7.92. The Morgan fingerprint density at radius 2 is 1.91 bits per heavy atom. The second-order valence-electron chi connectivity index (χ2n) is 5.05. The van der Waals surface area contributed by atoms with Crippen molar-refractivity contribution in [3.8, 4) is 0 Å². The molecule has 1 aromatic heterocycles. The Hall–Kier alpha value is -2.10. The van der Waals surface area contributed by atoms with Crippen molar-refractivity contribution in [2.24, 2.45) is 0 Å². The van der Waals surface area contributed by atoms with Gasteiger partial charge in [0, 0.05) is 6.04 Å². The van der Waals surface area contributed by atoms with Gasteiger partial charge in [-0.25, -0.2) is 8.42 Å². The Balaban J connectivity index is 2.31. The summed E-state index contributed by atoms with van der Waals surface area (Å²) >= 11 is 0. The van der Waals surface area contributed by atoms with Crippen LogP contribution in [0.25, 0.3) is 0 Å². The molecule has 0 radical (unpaired) electrons. The topological polar surface area (TPSA) is 76.9 Å². The van der Waals surface area contributed by atoms with Crippen molar-refractivity contribution in [3.05, 3.63) is 36.4 Å². The van der Waals surface area contributed by atoms with E-state index < -0.39 is 20.2 Å². The van der Waals surface area contributed by atoms with Crippen LogP contribution in [0.15, 0.2) is 35.5 Å². The quantitative estimate of drug-likeness (QED) is 0.899. The van der Waals surface area contributed by atoms with Crippen molar-refractivity contribution in [3.63, 3.8) is 0 Å². The summed E-state index contributed by atoms with van der Waals surface area (Å²) in [4.78, 5) is -0.817. The molecule has 0 aliphatic rings. The van der Waals surface area contributed by atoms with Crippen molar-refractivity contribution >= 4 is 15.5 Å². The zero-order chi connectivity index (χ0) is 17.3. The van der Waals surface area contributed by atoms with Gasteiger partial charge in [0.15, 0.2) is 5.82 Å². The molecule has 0 atom stereocenters. The van der Waals surface area contributed by atoms with Crippen molar-refractivity contribution in [2.75, 3.05) is 5.32 Å². The summed E-state index contributed by atoms with van der Waals surface area (Å²) in [5.41, 5.74) is -5.49. The summed E-state index contributed by atoms with van der Waals surface area (Å²) in [7, 11) is -5.43. The van der Waals surface area contributed by atoms with Crippen LogP contribution in [0.2, 0.25) is 0 Å². The Morgan fingerprint density at radius 3 is 2.52 bits per heavy atom. The fraction of sp³-hybridized carbons (Fsp3) is 0.385. The Labute approximate surface area is 131 Å². The molecule has 0 unspecified atom stereocenters. The van der Waals surface area contributed by atoms with Gasteiger partial charge >= 0.3 is 5.51 Å². The molecular formula is C13H15F3N4O2S. The number of sulfone groups is 1. The van der Waals surface area contributed by atoms with Gasteiger partial charge in [0.25, 0.3) is 9.84 Å². The monoisotopic (exact) mass is 348 g/mol. The van der Waals surface area contributed by atoms with E-state index in [-0.39, 0.29) is 18.3 Å². The van der Waals surface area contributed by atoms with Gasteiger partial charge in [0.1, 0.15) is 6.33 Å². The van der Waals surface area contributed by atoms with Crippen LogP contribution in [-0.4, -0.2) is 28.7 Å². The maximum atomic E-state index is 12.7. The fourth-order valence-corrected chi connectivity index (χ4v) is 2.91. The number of halogens is 3. The molecule has 2 rings (SSSR count). The molecule has 126 valence electrons. The highest BCUT2D eigenvalue weighted by Crippen LogP contribution is 2.34. The lowest BCUT2D eigenvalue weighted by Gasteiger charge is -2.15. The van der Waals surface area contributed by atoms with Crippen LogP contribution in [0.1, 0.15) is 25.7 Å². The summed E-state index contributed by atoms with van der Waals surface area (Å²) in [6.07, 6.45) is 1.50. The van der Waals surface area contributed by atoms with Gasteiger partial charge in [0.2, 0.25) is 0 Å². The van der Waals surface area contributed by atoms with E-state index in [4.69, 9.17) is 0 Å².